The summed E-state index contributed by atoms with van der Waals surface area (Å²) in [6.45, 7) is 0. The molecule has 0 fully saturated rings. The maximum atomic E-state index is 12.2. The van der Waals surface area contributed by atoms with Crippen molar-refractivity contribution in [3.63, 3.8) is 0 Å². The molecule has 0 saturated carbocycles. The molecule has 0 aliphatic rings. The third kappa shape index (κ3) is 3.51. The average Bonchev–Trinajstić information content (AvgIpc) is 2.41. The lowest BCUT2D eigenvalue weighted by molar-refractivity contribution is 0.102. The van der Waals surface area contributed by atoms with Gasteiger partial charge in [-0.15, -0.1) is 0 Å². The molecule has 0 spiro atoms. The zero-order valence-electron chi connectivity index (χ0n) is 9.95. The van der Waals surface area contributed by atoms with Crippen molar-refractivity contribution in [3.05, 3.63) is 60.6 Å². The van der Waals surface area contributed by atoms with Crippen molar-refractivity contribution in [2.24, 2.45) is 0 Å². The minimum atomic E-state index is -0.225. The van der Waals surface area contributed by atoms with Crippen LogP contribution < -0.4 is 5.32 Å². The molecule has 1 N–H and O–H groups in total. The number of hydrogen-bond acceptors (Lipinski definition) is 2. The van der Waals surface area contributed by atoms with Crippen LogP contribution in [0.4, 0.5) is 5.69 Å². The van der Waals surface area contributed by atoms with E-state index in [1.807, 2.05) is 18.2 Å². The van der Waals surface area contributed by atoms with E-state index in [9.17, 15) is 4.79 Å². The van der Waals surface area contributed by atoms with Crippen LogP contribution in [-0.2, 0) is 0 Å². The van der Waals surface area contributed by atoms with Crippen LogP contribution in [0.2, 0.25) is 5.02 Å². The summed E-state index contributed by atoms with van der Waals surface area (Å²) in [5, 5.41) is 11.9. The summed E-state index contributed by atoms with van der Waals surface area (Å²) in [5.41, 5.74) is 1.50. The molecule has 2 aromatic rings. The molecule has 20 heavy (non-hydrogen) atoms. The Morgan fingerprint density at radius 1 is 1.30 bits per heavy atom. The Kier molecular flexibility index (Phi) is 5.02. The van der Waals surface area contributed by atoms with E-state index < -0.39 is 0 Å². The second-order valence-corrected chi connectivity index (χ2v) is 6.37. The smallest absolute Gasteiger partial charge is 0.256 e. The number of nitrogens with one attached hydrogen (secondary N) is 1. The maximum absolute atomic E-state index is 12.2. The molecule has 0 saturated heterocycles. The number of carbonyl (C=O) groups is 1. The van der Waals surface area contributed by atoms with Gasteiger partial charge in [-0.25, -0.2) is 0 Å². The van der Waals surface area contributed by atoms with E-state index in [4.69, 9.17) is 16.9 Å². The van der Waals surface area contributed by atoms with Crippen molar-refractivity contribution in [3.8, 4) is 6.07 Å². The van der Waals surface area contributed by atoms with Crippen LogP contribution in [0.3, 0.4) is 0 Å². The van der Waals surface area contributed by atoms with Crippen LogP contribution in [0.1, 0.15) is 15.9 Å². The Balaban J connectivity index is 2.26. The monoisotopic (exact) mass is 460 g/mol. The van der Waals surface area contributed by atoms with Crippen LogP contribution in [0.15, 0.2) is 40.9 Å². The van der Waals surface area contributed by atoms with Gasteiger partial charge in [-0.2, -0.15) is 5.26 Å². The second-order valence-electron chi connectivity index (χ2n) is 3.88. The molecule has 0 unspecified atom stereocenters. The van der Waals surface area contributed by atoms with E-state index in [2.05, 4.69) is 43.8 Å². The number of amides is 1. The van der Waals surface area contributed by atoms with E-state index in [1.165, 1.54) is 0 Å². The molecule has 0 atom stereocenters. The summed E-state index contributed by atoms with van der Waals surface area (Å²) >= 11 is 11.4. The third-order valence-corrected chi connectivity index (χ3v) is 4.27. The molecule has 3 nitrogen and oxygen atoms in total. The van der Waals surface area contributed by atoms with Crippen LogP contribution in [0.5, 0.6) is 0 Å². The average molecular weight is 461 g/mol. The maximum Gasteiger partial charge on any atom is 0.256 e. The van der Waals surface area contributed by atoms with Gasteiger partial charge < -0.3 is 5.32 Å². The topological polar surface area (TPSA) is 52.9 Å². The molecular formula is C14H7BrClIN2O. The van der Waals surface area contributed by atoms with Crippen molar-refractivity contribution >= 4 is 61.7 Å². The highest BCUT2D eigenvalue weighted by molar-refractivity contribution is 14.1. The minimum Gasteiger partial charge on any atom is -0.322 e. The third-order valence-electron chi connectivity index (χ3n) is 2.52. The Morgan fingerprint density at radius 2 is 2.05 bits per heavy atom. The molecular weight excluding hydrogens is 454 g/mol. The van der Waals surface area contributed by atoms with Gasteiger partial charge in [-0.3, -0.25) is 4.79 Å². The summed E-state index contributed by atoms with van der Waals surface area (Å²) in [5.74, 6) is -0.225. The van der Waals surface area contributed by atoms with E-state index >= 15 is 0 Å². The number of hydrogen-bond donors (Lipinski definition) is 1. The molecule has 0 aliphatic carbocycles. The van der Waals surface area contributed by atoms with Crippen molar-refractivity contribution < 1.29 is 4.79 Å². The Morgan fingerprint density at radius 3 is 2.70 bits per heavy atom. The Bertz CT molecular complexity index is 728. The van der Waals surface area contributed by atoms with Gasteiger partial charge in [-0.05, 0) is 59.0 Å². The molecule has 0 aliphatic heterocycles. The van der Waals surface area contributed by atoms with Crippen molar-refractivity contribution in [2.45, 2.75) is 0 Å². The molecule has 0 aromatic heterocycles. The van der Waals surface area contributed by atoms with E-state index in [0.717, 1.165) is 8.04 Å². The predicted molar refractivity (Wildman–Crippen MR) is 91.0 cm³/mol. The highest BCUT2D eigenvalue weighted by atomic mass is 127. The quantitative estimate of drug-likeness (QED) is 0.652. The lowest BCUT2D eigenvalue weighted by Gasteiger charge is -2.08. The van der Waals surface area contributed by atoms with Gasteiger partial charge in [0.25, 0.3) is 5.91 Å². The Labute approximate surface area is 143 Å². The fraction of sp³-hybridized carbons (Fsp3) is 0. The lowest BCUT2D eigenvalue weighted by Crippen LogP contribution is -2.13. The molecule has 0 bridgehead atoms. The molecule has 2 aromatic carbocycles. The van der Waals surface area contributed by atoms with Gasteiger partial charge in [0.1, 0.15) is 6.07 Å². The van der Waals surface area contributed by atoms with E-state index in [-0.39, 0.29) is 5.91 Å². The molecule has 0 radical (unpaired) electrons. The summed E-state index contributed by atoms with van der Waals surface area (Å²) in [6.07, 6.45) is 0. The zero-order valence-corrected chi connectivity index (χ0v) is 14.5. The summed E-state index contributed by atoms with van der Waals surface area (Å²) < 4.78 is 1.68. The molecule has 2 rings (SSSR count). The molecule has 0 heterocycles. The Hall–Kier alpha value is -1.10. The standard InChI is InChI=1S/C14H7BrClIN2O/c15-9-2-4-13(17)11(5-9)14(20)19-10-3-1-8(7-18)12(16)6-10/h1-6H,(H,19,20). The minimum absolute atomic E-state index is 0.225. The van der Waals surface area contributed by atoms with Gasteiger partial charge in [0.2, 0.25) is 0 Å². The zero-order chi connectivity index (χ0) is 14.7. The van der Waals surface area contributed by atoms with Gasteiger partial charge in [0.15, 0.2) is 0 Å². The van der Waals surface area contributed by atoms with Crippen molar-refractivity contribution in [2.75, 3.05) is 5.32 Å². The fourth-order valence-electron chi connectivity index (χ4n) is 1.55. The first-order valence-electron chi connectivity index (χ1n) is 5.47. The van der Waals surface area contributed by atoms with Crippen molar-refractivity contribution in [1.82, 2.24) is 0 Å². The second kappa shape index (κ2) is 6.57. The number of anilines is 1. The van der Waals surface area contributed by atoms with Gasteiger partial charge >= 0.3 is 0 Å². The van der Waals surface area contributed by atoms with Crippen LogP contribution in [0.25, 0.3) is 0 Å². The first-order chi connectivity index (χ1) is 9.51. The first kappa shape index (κ1) is 15.3. The van der Waals surface area contributed by atoms with Crippen LogP contribution >= 0.6 is 50.1 Å². The summed E-state index contributed by atoms with van der Waals surface area (Å²) in [7, 11) is 0. The summed E-state index contributed by atoms with van der Waals surface area (Å²) in [6, 6.07) is 12.2. The van der Waals surface area contributed by atoms with Crippen LogP contribution in [0, 0.1) is 14.9 Å². The number of rotatable bonds is 2. The SMILES string of the molecule is N#Cc1ccc(NC(=O)c2cc(Br)ccc2I)cc1Cl. The highest BCUT2D eigenvalue weighted by Gasteiger charge is 2.11. The predicted octanol–water partition coefficient (Wildman–Crippen LogP) is 4.83. The van der Waals surface area contributed by atoms with Crippen LogP contribution in [-0.4, -0.2) is 5.91 Å². The van der Waals surface area contributed by atoms with Gasteiger partial charge in [-0.1, -0.05) is 27.5 Å². The number of benzene rings is 2. The van der Waals surface area contributed by atoms with Gasteiger partial charge in [0, 0.05) is 13.7 Å². The lowest BCUT2D eigenvalue weighted by atomic mass is 10.2. The normalized spacial score (nSPS) is 9.90. The van der Waals surface area contributed by atoms with Gasteiger partial charge in [0.05, 0.1) is 16.1 Å². The van der Waals surface area contributed by atoms with E-state index in [1.54, 1.807) is 24.3 Å². The van der Waals surface area contributed by atoms with E-state index in [0.29, 0.717) is 21.8 Å². The molecule has 1 amide bonds. The highest BCUT2D eigenvalue weighted by Crippen LogP contribution is 2.23. The number of nitrogens with zero attached hydrogens (tertiary/aromatic N) is 1. The van der Waals surface area contributed by atoms with Crippen molar-refractivity contribution in [1.29, 1.82) is 5.26 Å². The summed E-state index contributed by atoms with van der Waals surface area (Å²) in [4.78, 5) is 12.2. The number of nitriles is 1. The number of halogens is 3. The fourth-order valence-corrected chi connectivity index (χ4v) is 2.72. The first-order valence-corrected chi connectivity index (χ1v) is 7.72. The number of carbonyl (C=O) groups excluding carboxylic acids is 1. The largest absolute Gasteiger partial charge is 0.322 e. The molecule has 100 valence electrons. The molecule has 6 heteroatoms.